The number of carbonyl (C=O) groups is 1. The molecule has 8 heteroatoms. The number of alkyl carbamates (subject to hydrolysis) is 1. The third-order valence-corrected chi connectivity index (χ3v) is 13.8. The van der Waals surface area contributed by atoms with E-state index in [4.69, 9.17) is 23.5 Å². The summed E-state index contributed by atoms with van der Waals surface area (Å²) in [5, 5.41) is 2.88. The van der Waals surface area contributed by atoms with E-state index in [1.807, 2.05) is 39.7 Å². The van der Waals surface area contributed by atoms with E-state index in [0.29, 0.717) is 38.4 Å². The molecule has 7 unspecified atom stereocenters. The van der Waals surface area contributed by atoms with Crippen molar-refractivity contribution >= 4 is 13.2 Å². The maximum Gasteiger partial charge on any atom is 0.486 e. The number of hydrogen-bond donors (Lipinski definition) is 1. The molecule has 4 fully saturated rings. The Kier molecular flexibility index (Phi) is 12.6. The van der Waals surface area contributed by atoms with Gasteiger partial charge in [0.2, 0.25) is 0 Å². The standard InChI is InChI=1S/C40H68BNO6/c1-29(2)12-9-10-13-30-15-17-34-33-16-14-31-28-32(18-20-40(31,8)35(33)19-21-39(30,34)7)46-36(43)42-23-25-45-27-26-44-24-11-22-41-47-37(3,4)38(5,6)48-41/h11,14,22,29-30,32-35H,9-10,12-13,15-21,23-28H2,1-8H3,(H,42,43)/b22-11+. The number of ether oxygens (including phenoxy) is 3. The number of carbonyl (C=O) groups excluding carboxylic acids is 1. The van der Waals surface area contributed by atoms with E-state index < -0.39 is 0 Å². The smallest absolute Gasteiger partial charge is 0.446 e. The van der Waals surface area contributed by atoms with Gasteiger partial charge in [0, 0.05) is 13.0 Å². The quantitative estimate of drug-likeness (QED) is 0.107. The minimum Gasteiger partial charge on any atom is -0.446 e. The van der Waals surface area contributed by atoms with E-state index in [1.165, 1.54) is 57.8 Å². The zero-order valence-corrected chi connectivity index (χ0v) is 31.7. The molecule has 48 heavy (non-hydrogen) atoms. The second-order valence-corrected chi connectivity index (χ2v) is 17.7. The lowest BCUT2D eigenvalue weighted by molar-refractivity contribution is -0.0519. The van der Waals surface area contributed by atoms with Crippen LogP contribution in [-0.4, -0.2) is 63.5 Å². The molecule has 272 valence electrons. The topological polar surface area (TPSA) is 75.3 Å². The molecule has 0 radical (unpaired) electrons. The molecule has 5 rings (SSSR count). The Balaban J connectivity index is 0.963. The molecule has 1 saturated heterocycles. The molecule has 1 N–H and O–H groups in total. The summed E-state index contributed by atoms with van der Waals surface area (Å²) in [4.78, 5) is 12.6. The van der Waals surface area contributed by atoms with Crippen LogP contribution in [0.3, 0.4) is 0 Å². The van der Waals surface area contributed by atoms with Gasteiger partial charge in [0.25, 0.3) is 0 Å². The first kappa shape index (κ1) is 37.9. The first-order valence-corrected chi connectivity index (χ1v) is 19.6. The molecule has 0 aromatic rings. The van der Waals surface area contributed by atoms with E-state index in [-0.39, 0.29) is 35.9 Å². The van der Waals surface area contributed by atoms with Gasteiger partial charge in [-0.05, 0) is 119 Å². The highest BCUT2D eigenvalue weighted by molar-refractivity contribution is 6.51. The number of fused-ring (bicyclic) bond motifs is 5. The molecule has 1 amide bonds. The molecule has 7 nitrogen and oxygen atoms in total. The van der Waals surface area contributed by atoms with Gasteiger partial charge < -0.3 is 28.8 Å². The number of nitrogens with one attached hydrogen (secondary N) is 1. The van der Waals surface area contributed by atoms with Gasteiger partial charge in [-0.2, -0.15) is 0 Å². The van der Waals surface area contributed by atoms with Gasteiger partial charge in [-0.3, -0.25) is 0 Å². The van der Waals surface area contributed by atoms with Crippen molar-refractivity contribution in [3.05, 3.63) is 23.7 Å². The van der Waals surface area contributed by atoms with E-state index >= 15 is 0 Å². The van der Waals surface area contributed by atoms with Crippen molar-refractivity contribution in [2.75, 3.05) is 33.0 Å². The fraction of sp³-hybridized carbons (Fsp3) is 0.875. The molecule has 0 spiro atoms. The van der Waals surface area contributed by atoms with Crippen molar-refractivity contribution in [2.45, 2.75) is 150 Å². The van der Waals surface area contributed by atoms with Crippen molar-refractivity contribution in [1.29, 1.82) is 0 Å². The largest absolute Gasteiger partial charge is 0.486 e. The van der Waals surface area contributed by atoms with Crippen LogP contribution < -0.4 is 5.32 Å². The third kappa shape index (κ3) is 8.57. The van der Waals surface area contributed by atoms with Crippen LogP contribution >= 0.6 is 0 Å². The summed E-state index contributed by atoms with van der Waals surface area (Å²) in [6, 6.07) is 0. The van der Waals surface area contributed by atoms with E-state index in [0.717, 1.165) is 48.9 Å². The summed E-state index contributed by atoms with van der Waals surface area (Å²) in [5.41, 5.74) is 1.70. The van der Waals surface area contributed by atoms with Crippen LogP contribution in [0.25, 0.3) is 0 Å². The average molecular weight is 670 g/mol. The van der Waals surface area contributed by atoms with Crippen molar-refractivity contribution < 1.29 is 28.3 Å². The predicted octanol–water partition coefficient (Wildman–Crippen LogP) is 9.10. The minimum atomic E-state index is -0.354. The van der Waals surface area contributed by atoms with E-state index in [2.05, 4.69) is 39.1 Å². The number of rotatable bonds is 15. The maximum absolute atomic E-state index is 12.6. The van der Waals surface area contributed by atoms with Gasteiger partial charge in [0.05, 0.1) is 37.6 Å². The summed E-state index contributed by atoms with van der Waals surface area (Å²) >= 11 is 0. The summed E-state index contributed by atoms with van der Waals surface area (Å²) in [7, 11) is -0.354. The second-order valence-electron chi connectivity index (χ2n) is 17.7. The summed E-state index contributed by atoms with van der Waals surface area (Å²) in [6.45, 7) is 20.4. The lowest BCUT2D eigenvalue weighted by atomic mass is 9.47. The first-order valence-electron chi connectivity index (χ1n) is 19.6. The fourth-order valence-electron chi connectivity index (χ4n) is 10.2. The van der Waals surface area contributed by atoms with Crippen LogP contribution in [0.2, 0.25) is 0 Å². The first-order chi connectivity index (χ1) is 22.7. The van der Waals surface area contributed by atoms with Crippen molar-refractivity contribution in [3.63, 3.8) is 0 Å². The van der Waals surface area contributed by atoms with Gasteiger partial charge in [-0.15, -0.1) is 0 Å². The van der Waals surface area contributed by atoms with Crippen LogP contribution in [0.15, 0.2) is 23.7 Å². The number of amides is 1. The molecule has 1 aliphatic heterocycles. The molecule has 0 aromatic heterocycles. The van der Waals surface area contributed by atoms with Crippen LogP contribution in [0.5, 0.6) is 0 Å². The Morgan fingerprint density at radius 3 is 2.46 bits per heavy atom. The lowest BCUT2D eigenvalue weighted by Gasteiger charge is -2.58. The van der Waals surface area contributed by atoms with Crippen molar-refractivity contribution in [3.8, 4) is 0 Å². The van der Waals surface area contributed by atoms with E-state index in [9.17, 15) is 4.79 Å². The predicted molar refractivity (Wildman–Crippen MR) is 194 cm³/mol. The normalized spacial score (nSPS) is 35.3. The summed E-state index contributed by atoms with van der Waals surface area (Å²) in [5.74, 6) is 6.17. The molecule has 0 aromatic carbocycles. The zero-order chi connectivity index (χ0) is 34.6. The Hall–Kier alpha value is -1.35. The molecule has 7 atom stereocenters. The van der Waals surface area contributed by atoms with E-state index in [1.54, 1.807) is 5.57 Å². The minimum absolute atomic E-state index is 0.0315. The third-order valence-electron chi connectivity index (χ3n) is 13.8. The van der Waals surface area contributed by atoms with Crippen LogP contribution in [0.1, 0.15) is 132 Å². The highest BCUT2D eigenvalue weighted by Crippen LogP contribution is 2.66. The maximum atomic E-state index is 12.6. The number of unbranched alkanes of at least 4 members (excludes halogenated alkanes) is 1. The van der Waals surface area contributed by atoms with Crippen LogP contribution in [0.4, 0.5) is 4.79 Å². The van der Waals surface area contributed by atoms with Gasteiger partial charge in [0.15, 0.2) is 0 Å². The van der Waals surface area contributed by atoms with Crippen LogP contribution in [0, 0.1) is 40.4 Å². The van der Waals surface area contributed by atoms with Crippen molar-refractivity contribution in [2.24, 2.45) is 40.4 Å². The number of hydrogen-bond acceptors (Lipinski definition) is 6. The molecule has 1 heterocycles. The van der Waals surface area contributed by atoms with Gasteiger partial charge in [-0.1, -0.05) is 70.7 Å². The second kappa shape index (κ2) is 15.9. The Bertz CT molecular complexity index is 1120. The monoisotopic (exact) mass is 670 g/mol. The highest BCUT2D eigenvalue weighted by Gasteiger charge is 2.58. The Morgan fingerprint density at radius 2 is 1.71 bits per heavy atom. The van der Waals surface area contributed by atoms with Crippen molar-refractivity contribution in [1.82, 2.24) is 5.32 Å². The van der Waals surface area contributed by atoms with Gasteiger partial charge >= 0.3 is 13.2 Å². The molecule has 3 saturated carbocycles. The average Bonchev–Trinajstić information content (AvgIpc) is 3.46. The number of allylic oxidation sites excluding steroid dienone is 1. The molecule has 0 bridgehead atoms. The van der Waals surface area contributed by atoms with Crippen LogP contribution in [-0.2, 0) is 23.5 Å². The fourth-order valence-corrected chi connectivity index (χ4v) is 10.2. The molecule has 5 aliphatic rings. The van der Waals surface area contributed by atoms with Gasteiger partial charge in [0.1, 0.15) is 6.10 Å². The Morgan fingerprint density at radius 1 is 0.958 bits per heavy atom. The molecular weight excluding hydrogens is 601 g/mol. The molecule has 4 aliphatic carbocycles. The summed E-state index contributed by atoms with van der Waals surface area (Å²) < 4.78 is 29.1. The summed E-state index contributed by atoms with van der Waals surface area (Å²) in [6.07, 6.45) is 19.7. The lowest BCUT2D eigenvalue weighted by Crippen LogP contribution is -2.50. The zero-order valence-electron chi connectivity index (χ0n) is 31.7. The SMILES string of the molecule is CC(C)CCCCC1CCC2C3CC=C4CC(OC(=O)NCCOCCOC/C=C/B5OC(C)(C)C(C)(C)O5)CCC4(C)C3CCC12C. The molecular formula is C40H68BNO6. The highest BCUT2D eigenvalue weighted by atomic mass is 16.7. The van der Waals surface area contributed by atoms with Gasteiger partial charge in [-0.25, -0.2) is 4.79 Å². The Labute approximate surface area is 293 Å².